The zero-order valence-electron chi connectivity index (χ0n) is 21.3. The van der Waals surface area contributed by atoms with E-state index in [1.165, 1.54) is 6.92 Å². The third-order valence-corrected chi connectivity index (χ3v) is 5.37. The average Bonchev–Trinajstić information content (AvgIpc) is 2.88. The van der Waals surface area contributed by atoms with E-state index >= 15 is 0 Å². The number of diazo groups is 1. The molecule has 0 heterocycles. The molecule has 0 spiro atoms. The molecule has 40 heavy (non-hydrogen) atoms. The van der Waals surface area contributed by atoms with Crippen LogP contribution in [-0.4, -0.2) is 48.7 Å². The van der Waals surface area contributed by atoms with Crippen LogP contribution < -0.4 is 0 Å². The maximum absolute atomic E-state index is 11.1. The second-order valence-electron chi connectivity index (χ2n) is 6.75. The Morgan fingerprint density at radius 1 is 0.950 bits per heavy atom. The predicted octanol–water partition coefficient (Wildman–Crippen LogP) is 8.13. The van der Waals surface area contributed by atoms with Gasteiger partial charge >= 0.3 is 24.9 Å². The molecule has 0 aliphatic heterocycles. The molecule has 1 unspecified atom stereocenters. The third kappa shape index (κ3) is 23.4. The Morgan fingerprint density at radius 3 is 1.75 bits per heavy atom. The lowest BCUT2D eigenvalue weighted by Gasteiger charge is -2.03. The number of alkyl halides is 1. The van der Waals surface area contributed by atoms with Gasteiger partial charge in [-0.25, -0.2) is 9.59 Å². The first-order chi connectivity index (χ1) is 18.5. The molecule has 2 aromatic rings. The summed E-state index contributed by atoms with van der Waals surface area (Å²) in [4.78, 5) is 39.1. The fourth-order valence-electron chi connectivity index (χ4n) is 1.89. The lowest BCUT2D eigenvalue weighted by Crippen LogP contribution is -2.24. The number of carbonyl (C=O) groups is 3. The maximum Gasteiger partial charge on any atom is 0.673 e. The van der Waals surface area contributed by atoms with Crippen LogP contribution in [0.25, 0.3) is 4.98 Å². The van der Waals surface area contributed by atoms with Gasteiger partial charge in [-0.05, 0) is 50.6 Å². The largest absolute Gasteiger partial charge is 0.673 e. The van der Waals surface area contributed by atoms with Crippen LogP contribution in [0.1, 0.15) is 26.3 Å². The Kier molecular flexibility index (Phi) is 22.0. The van der Waals surface area contributed by atoms with Crippen molar-refractivity contribution in [3.8, 4) is 0 Å². The number of hydrogen-bond acceptors (Lipinski definition) is 7. The van der Waals surface area contributed by atoms with Crippen LogP contribution in [-0.2, 0) is 30.4 Å². The van der Waals surface area contributed by atoms with E-state index in [4.69, 9.17) is 33.3 Å². The molecule has 0 saturated heterocycles. The Hall–Kier alpha value is -2.54. The number of ketones is 1. The quantitative estimate of drug-likeness (QED) is 0.0540. The smallest absolute Gasteiger partial charge is 0.465 e. The summed E-state index contributed by atoms with van der Waals surface area (Å²) >= 11 is 17.6. The monoisotopic (exact) mass is 737 g/mol. The molecule has 0 amide bonds. The van der Waals surface area contributed by atoms with Crippen LogP contribution >= 0.6 is 55.1 Å². The third-order valence-electron chi connectivity index (χ3n) is 3.55. The fraction of sp³-hybridized carbons (Fsp3) is 0.304. The van der Waals surface area contributed by atoms with Crippen molar-refractivity contribution in [2.24, 2.45) is 4.99 Å². The number of nitrogens with zero attached hydrogens (tertiary/aromatic N) is 3. The number of esters is 2. The Morgan fingerprint density at radius 2 is 1.38 bits per heavy atom. The average molecular weight is 740 g/mol. The van der Waals surface area contributed by atoms with E-state index in [1.54, 1.807) is 26.0 Å². The van der Waals surface area contributed by atoms with Crippen LogP contribution in [0.5, 0.6) is 0 Å². The molecule has 0 fully saturated rings. The van der Waals surface area contributed by atoms with Crippen molar-refractivity contribution >= 4 is 90.9 Å². The number of carbonyl (C=O) groups excluding carboxylic acids is 3. The van der Waals surface area contributed by atoms with Crippen molar-refractivity contribution in [2.75, 3.05) is 13.2 Å². The first-order valence-corrected chi connectivity index (χ1v) is 13.4. The van der Waals surface area contributed by atoms with Crippen molar-refractivity contribution in [1.82, 2.24) is 0 Å². The molecule has 2 aromatic carbocycles. The number of benzene rings is 2. The van der Waals surface area contributed by atoms with Gasteiger partial charge in [-0.3, -0.25) is 9.79 Å². The molecule has 220 valence electrons. The topological polar surface area (TPSA) is 110 Å². The highest BCUT2D eigenvalue weighted by Gasteiger charge is 2.21. The number of rotatable bonds is 7. The van der Waals surface area contributed by atoms with E-state index in [0.29, 0.717) is 18.8 Å². The lowest BCUT2D eigenvalue weighted by molar-refractivity contribution is -0.144. The zero-order chi connectivity index (χ0) is 31.3. The Balaban J connectivity index is 0. The predicted molar refractivity (Wildman–Crippen MR) is 154 cm³/mol. The lowest BCUT2D eigenvalue weighted by atomic mass is 10.2. The van der Waals surface area contributed by atoms with E-state index in [0.717, 1.165) is 14.5 Å². The van der Waals surface area contributed by atoms with Gasteiger partial charge in [-0.1, -0.05) is 55.6 Å². The van der Waals surface area contributed by atoms with Gasteiger partial charge < -0.3 is 26.7 Å². The summed E-state index contributed by atoms with van der Waals surface area (Å²) in [5.41, 5.74) is 1.55. The van der Waals surface area contributed by atoms with Crippen molar-refractivity contribution < 1.29 is 41.1 Å². The molecule has 0 N–H and O–H groups in total. The van der Waals surface area contributed by atoms with Crippen molar-refractivity contribution in [2.45, 2.75) is 32.7 Å². The molecule has 0 aromatic heterocycles. The molecular formula is C23H24BBr2Cl2F4N3O5. The number of hydrogen-bond donors (Lipinski definition) is 0. The van der Waals surface area contributed by atoms with E-state index in [-0.39, 0.29) is 17.6 Å². The highest BCUT2D eigenvalue weighted by atomic mass is 79.9. The molecule has 0 saturated carbocycles. The Labute approximate surface area is 255 Å². The molecule has 0 bridgehead atoms. The van der Waals surface area contributed by atoms with E-state index < -0.39 is 24.6 Å². The standard InChI is InChI=1S/C11H11BrClNO2.C6H4BrN2.C6H9ClO3.BF4/c1-2-16-11(15)10(13)14-7-8-3-5-9(12)6-4-8;7-5-1-3-6(9-8)4-2-5;1-3-10-6(9)5(7)4(2)8;2-1(3,4)5/h3-6H,2,7H2,1H3;1-4H;5H,3H2,1-2H3;/q;+1;;-1. The number of aliphatic imine (C=N–C) groups is 1. The highest BCUT2D eigenvalue weighted by molar-refractivity contribution is 9.10. The molecule has 0 radical (unpaired) electrons. The highest BCUT2D eigenvalue weighted by Crippen LogP contribution is 2.16. The molecule has 2 rings (SSSR count). The minimum absolute atomic E-state index is 0.121. The van der Waals surface area contributed by atoms with Crippen molar-refractivity contribution in [1.29, 1.82) is 5.39 Å². The minimum Gasteiger partial charge on any atom is -0.465 e. The van der Waals surface area contributed by atoms with Gasteiger partial charge in [0.15, 0.2) is 16.1 Å². The number of Topliss-reactive ketones (excluding diaryl/α,β-unsaturated/α-hetero) is 1. The minimum atomic E-state index is -6.00. The van der Waals surface area contributed by atoms with Gasteiger partial charge in [0.1, 0.15) is 0 Å². The van der Waals surface area contributed by atoms with E-state index in [9.17, 15) is 31.6 Å². The normalized spacial score (nSPS) is 11.0. The van der Waals surface area contributed by atoms with Crippen LogP contribution in [0.15, 0.2) is 62.5 Å². The number of halogens is 8. The number of ether oxygens (including phenoxy) is 2. The summed E-state index contributed by atoms with van der Waals surface area (Å²) in [6.45, 7) is 5.52. The van der Waals surface area contributed by atoms with Crippen LogP contribution in [0.2, 0.25) is 0 Å². The van der Waals surface area contributed by atoms with Gasteiger partial charge in [0, 0.05) is 21.1 Å². The second kappa shape index (κ2) is 22.2. The van der Waals surface area contributed by atoms with Gasteiger partial charge in [0.2, 0.25) is 10.6 Å². The van der Waals surface area contributed by atoms with Crippen molar-refractivity contribution in [3.05, 3.63) is 68.0 Å². The summed E-state index contributed by atoms with van der Waals surface area (Å²) in [6.07, 6.45) is 0. The molecule has 1 atom stereocenters. The fourth-order valence-corrected chi connectivity index (χ4v) is 2.60. The maximum atomic E-state index is 11.1. The second-order valence-corrected chi connectivity index (χ2v) is 9.38. The van der Waals surface area contributed by atoms with Crippen LogP contribution in [0.4, 0.5) is 23.0 Å². The SMILES string of the molecule is CCOC(=O)C(Cl)=NCc1ccc(Br)cc1.CCOC(=O)C(Cl)C(C)=O.F[B-](F)(F)F.N#[N+]c1ccc(Br)cc1. The van der Waals surface area contributed by atoms with Crippen LogP contribution in [0, 0.1) is 5.39 Å². The molecule has 0 aliphatic carbocycles. The van der Waals surface area contributed by atoms with Gasteiger partial charge in [-0.2, -0.15) is 0 Å². The van der Waals surface area contributed by atoms with Crippen molar-refractivity contribution in [3.63, 3.8) is 0 Å². The summed E-state index contributed by atoms with van der Waals surface area (Å²) < 4.78 is 50.2. The Bertz CT molecular complexity index is 1130. The first-order valence-electron chi connectivity index (χ1n) is 11.0. The molecular weight excluding hydrogens is 716 g/mol. The summed E-state index contributed by atoms with van der Waals surface area (Å²) in [5, 5.41) is 6.98. The van der Waals surface area contributed by atoms with E-state index in [2.05, 4.69) is 46.6 Å². The zero-order valence-corrected chi connectivity index (χ0v) is 26.0. The molecule has 0 aliphatic rings. The van der Waals surface area contributed by atoms with Crippen LogP contribution in [0.3, 0.4) is 0 Å². The molecule has 17 heteroatoms. The van der Waals surface area contributed by atoms with Gasteiger partial charge in [0.25, 0.3) is 0 Å². The summed E-state index contributed by atoms with van der Waals surface area (Å²) in [6, 6.07) is 14.7. The van der Waals surface area contributed by atoms with E-state index in [1.807, 2.05) is 36.4 Å². The molecule has 8 nitrogen and oxygen atoms in total. The summed E-state index contributed by atoms with van der Waals surface area (Å²) in [7, 11) is -6.00. The van der Waals surface area contributed by atoms with Gasteiger partial charge in [0.05, 0.1) is 19.8 Å². The summed E-state index contributed by atoms with van der Waals surface area (Å²) in [5.74, 6) is -1.64. The first kappa shape index (κ1) is 39.6. The van der Waals surface area contributed by atoms with Gasteiger partial charge in [-0.15, -0.1) is 11.6 Å².